The smallest absolute Gasteiger partial charge is 0.356 e. The molecule has 0 bridgehead atoms. The topological polar surface area (TPSA) is 68.7 Å². The van der Waals surface area contributed by atoms with Crippen LogP contribution >= 0.6 is 11.6 Å². The fourth-order valence-electron chi connectivity index (χ4n) is 1.73. The first-order chi connectivity index (χ1) is 9.97. The first-order valence-electron chi connectivity index (χ1n) is 5.79. The zero-order valence-electron chi connectivity index (χ0n) is 11.2. The number of methoxy groups -OCH3 is 2. The predicted octanol–water partition coefficient (Wildman–Crippen LogP) is 3.04. The summed E-state index contributed by atoms with van der Waals surface area (Å²) in [5, 5.41) is 9.68. The van der Waals surface area contributed by atoms with E-state index < -0.39 is 11.8 Å². The number of aromatic nitrogens is 1. The van der Waals surface area contributed by atoms with Crippen LogP contribution in [-0.4, -0.2) is 30.3 Å². The van der Waals surface area contributed by atoms with E-state index in [1.807, 2.05) is 0 Å². The molecule has 0 aliphatic rings. The maximum absolute atomic E-state index is 13.8. The molecule has 0 saturated heterocycles. The zero-order valence-corrected chi connectivity index (χ0v) is 11.9. The van der Waals surface area contributed by atoms with Gasteiger partial charge < -0.3 is 14.6 Å². The molecular formula is C14H11ClFNO4. The second-order valence-corrected chi connectivity index (χ2v) is 4.41. The minimum Gasteiger partial charge on any atom is -0.506 e. The Hall–Kier alpha value is -2.34. The van der Waals surface area contributed by atoms with E-state index in [0.717, 1.165) is 6.07 Å². The molecule has 0 spiro atoms. The summed E-state index contributed by atoms with van der Waals surface area (Å²) in [5.74, 6) is -1.52. The molecule has 0 aliphatic carbocycles. The van der Waals surface area contributed by atoms with Crippen LogP contribution in [0.3, 0.4) is 0 Å². The van der Waals surface area contributed by atoms with Gasteiger partial charge in [-0.3, -0.25) is 0 Å². The number of hydrogen-bond acceptors (Lipinski definition) is 5. The van der Waals surface area contributed by atoms with Gasteiger partial charge in [-0.1, -0.05) is 11.6 Å². The van der Waals surface area contributed by atoms with Gasteiger partial charge in [0.25, 0.3) is 0 Å². The number of benzene rings is 1. The average molecular weight is 312 g/mol. The Morgan fingerprint density at radius 2 is 2.05 bits per heavy atom. The van der Waals surface area contributed by atoms with Crippen molar-refractivity contribution in [1.82, 2.24) is 4.98 Å². The van der Waals surface area contributed by atoms with E-state index in [1.54, 1.807) is 0 Å². The second kappa shape index (κ2) is 5.97. The minimum atomic E-state index is -0.726. The molecule has 1 N–H and O–H groups in total. The van der Waals surface area contributed by atoms with Gasteiger partial charge in [0.15, 0.2) is 0 Å². The molecule has 110 valence electrons. The summed E-state index contributed by atoms with van der Waals surface area (Å²) in [6.07, 6.45) is 0. The van der Waals surface area contributed by atoms with E-state index in [4.69, 9.17) is 16.3 Å². The number of rotatable bonds is 3. The predicted molar refractivity (Wildman–Crippen MR) is 74.2 cm³/mol. The van der Waals surface area contributed by atoms with Crippen molar-refractivity contribution < 1.29 is 23.8 Å². The minimum absolute atomic E-state index is 0.0142. The molecule has 0 amide bonds. The number of nitrogens with zero attached hydrogens (tertiary/aromatic N) is 1. The Balaban J connectivity index is 2.61. The number of halogens is 2. The highest BCUT2D eigenvalue weighted by molar-refractivity contribution is 6.32. The number of esters is 1. The van der Waals surface area contributed by atoms with Gasteiger partial charge in [-0.2, -0.15) is 0 Å². The quantitative estimate of drug-likeness (QED) is 0.882. The lowest BCUT2D eigenvalue weighted by Gasteiger charge is -2.09. The van der Waals surface area contributed by atoms with E-state index in [0.29, 0.717) is 0 Å². The number of aromatic hydroxyl groups is 1. The van der Waals surface area contributed by atoms with E-state index in [-0.39, 0.29) is 33.5 Å². The standard InChI is InChI=1S/C14H11ClFNO4/c1-20-11-6-7(5-8(16)12(11)15)13-10(18)4-3-9(17-13)14(19)21-2/h3-6,18H,1-2H3. The van der Waals surface area contributed by atoms with Gasteiger partial charge in [0, 0.05) is 5.56 Å². The molecule has 21 heavy (non-hydrogen) atoms. The number of carbonyl (C=O) groups is 1. The molecule has 0 saturated carbocycles. The summed E-state index contributed by atoms with van der Waals surface area (Å²) in [6, 6.07) is 5.07. The number of pyridine rings is 1. The van der Waals surface area contributed by atoms with Gasteiger partial charge in [-0.15, -0.1) is 0 Å². The van der Waals surface area contributed by atoms with Crippen molar-refractivity contribution in [3.05, 3.63) is 40.8 Å². The number of hydrogen-bond donors (Lipinski definition) is 1. The molecule has 0 fully saturated rings. The SMILES string of the molecule is COC(=O)c1ccc(O)c(-c2cc(F)c(Cl)c(OC)c2)n1. The summed E-state index contributed by atoms with van der Waals surface area (Å²) in [4.78, 5) is 15.4. The Bertz CT molecular complexity index is 706. The molecule has 1 aromatic carbocycles. The average Bonchev–Trinajstić information content (AvgIpc) is 2.49. The molecular weight excluding hydrogens is 301 g/mol. The van der Waals surface area contributed by atoms with Gasteiger partial charge in [-0.25, -0.2) is 14.2 Å². The first-order valence-corrected chi connectivity index (χ1v) is 6.17. The molecule has 7 heteroatoms. The summed E-state index contributed by atoms with van der Waals surface area (Å²) >= 11 is 5.74. The fourth-order valence-corrected chi connectivity index (χ4v) is 1.92. The van der Waals surface area contributed by atoms with Gasteiger partial charge in [-0.05, 0) is 24.3 Å². The lowest BCUT2D eigenvalue weighted by atomic mass is 10.1. The summed E-state index contributed by atoms with van der Waals surface area (Å²) in [7, 11) is 2.55. The highest BCUT2D eigenvalue weighted by Gasteiger charge is 2.16. The first kappa shape index (κ1) is 15.1. The normalized spacial score (nSPS) is 10.3. The Morgan fingerprint density at radius 1 is 1.33 bits per heavy atom. The largest absolute Gasteiger partial charge is 0.506 e. The Kier molecular flexibility index (Phi) is 4.28. The van der Waals surface area contributed by atoms with Crippen molar-refractivity contribution in [2.24, 2.45) is 0 Å². The van der Waals surface area contributed by atoms with Crippen LogP contribution in [-0.2, 0) is 4.74 Å². The van der Waals surface area contributed by atoms with E-state index in [1.165, 1.54) is 32.4 Å². The highest BCUT2D eigenvalue weighted by Crippen LogP contribution is 2.35. The van der Waals surface area contributed by atoms with E-state index in [2.05, 4.69) is 9.72 Å². The van der Waals surface area contributed by atoms with E-state index in [9.17, 15) is 14.3 Å². The Labute approximate surface area is 124 Å². The lowest BCUT2D eigenvalue weighted by Crippen LogP contribution is -2.04. The van der Waals surface area contributed by atoms with Gasteiger partial charge in [0.2, 0.25) is 0 Å². The van der Waals surface area contributed by atoms with Gasteiger partial charge in [0.1, 0.15) is 33.7 Å². The zero-order chi connectivity index (χ0) is 15.6. The molecule has 2 rings (SSSR count). The third-order valence-corrected chi connectivity index (χ3v) is 3.12. The van der Waals surface area contributed by atoms with Crippen LogP contribution in [0.5, 0.6) is 11.5 Å². The highest BCUT2D eigenvalue weighted by atomic mass is 35.5. The number of ether oxygens (including phenoxy) is 2. The maximum atomic E-state index is 13.8. The van der Waals surface area contributed by atoms with Crippen molar-refractivity contribution in [1.29, 1.82) is 0 Å². The third-order valence-electron chi connectivity index (χ3n) is 2.76. The van der Waals surface area contributed by atoms with Crippen molar-refractivity contribution >= 4 is 17.6 Å². The summed E-state index contributed by atoms with van der Waals surface area (Å²) in [6.45, 7) is 0. The van der Waals surface area contributed by atoms with E-state index >= 15 is 0 Å². The molecule has 2 aromatic rings. The summed E-state index contributed by atoms with van der Waals surface area (Å²) < 4.78 is 23.3. The van der Waals surface area contributed by atoms with Crippen molar-refractivity contribution in [3.63, 3.8) is 0 Å². The van der Waals surface area contributed by atoms with Gasteiger partial charge in [0.05, 0.1) is 14.2 Å². The molecule has 0 unspecified atom stereocenters. The molecule has 1 heterocycles. The van der Waals surface area contributed by atoms with Crippen LogP contribution in [0.2, 0.25) is 5.02 Å². The van der Waals surface area contributed by atoms with Crippen LogP contribution in [0.1, 0.15) is 10.5 Å². The molecule has 1 aromatic heterocycles. The van der Waals surface area contributed by atoms with Crippen molar-refractivity contribution in [3.8, 4) is 22.8 Å². The van der Waals surface area contributed by atoms with Crippen molar-refractivity contribution in [2.45, 2.75) is 0 Å². The van der Waals surface area contributed by atoms with Crippen LogP contribution in [0.4, 0.5) is 4.39 Å². The molecule has 0 atom stereocenters. The van der Waals surface area contributed by atoms with Gasteiger partial charge >= 0.3 is 5.97 Å². The summed E-state index contributed by atoms with van der Waals surface area (Å²) in [5.41, 5.74) is 0.225. The monoisotopic (exact) mass is 311 g/mol. The Morgan fingerprint density at radius 3 is 2.67 bits per heavy atom. The van der Waals surface area contributed by atoms with Crippen LogP contribution in [0, 0.1) is 5.82 Å². The second-order valence-electron chi connectivity index (χ2n) is 4.03. The number of carbonyl (C=O) groups excluding carboxylic acids is 1. The van der Waals surface area contributed by atoms with Crippen LogP contribution in [0.15, 0.2) is 24.3 Å². The lowest BCUT2D eigenvalue weighted by molar-refractivity contribution is 0.0594. The van der Waals surface area contributed by atoms with Crippen LogP contribution < -0.4 is 4.74 Å². The molecule has 5 nitrogen and oxygen atoms in total. The fraction of sp³-hybridized carbons (Fsp3) is 0.143. The maximum Gasteiger partial charge on any atom is 0.356 e. The molecule has 0 aliphatic heterocycles. The van der Waals surface area contributed by atoms with Crippen LogP contribution in [0.25, 0.3) is 11.3 Å². The molecule has 0 radical (unpaired) electrons. The van der Waals surface area contributed by atoms with Crippen molar-refractivity contribution in [2.75, 3.05) is 14.2 Å². The third kappa shape index (κ3) is 2.90.